The van der Waals surface area contributed by atoms with Gasteiger partial charge in [0.05, 0.1) is 0 Å². The second-order valence-corrected chi connectivity index (χ2v) is 3.47. The number of carbonyl (C=O) groups excluding carboxylic acids is 1. The number of nitrogens with two attached hydrogens (primary N) is 1. The molecule has 0 aliphatic carbocycles. The topological polar surface area (TPSA) is 55.1 Å². The van der Waals surface area contributed by atoms with Gasteiger partial charge in [-0.05, 0) is 37.2 Å². The summed E-state index contributed by atoms with van der Waals surface area (Å²) in [4.78, 5) is 11.5. The molecule has 0 fully saturated rings. The molecule has 0 spiro atoms. The Morgan fingerprint density at radius 2 is 2.07 bits per heavy atom. The van der Waals surface area contributed by atoms with Crippen LogP contribution in [0.15, 0.2) is 24.3 Å². The standard InChI is InChI=1S/C11H15FN2O/c1-8(6-7-13)11(15)14-10-4-2-9(12)3-5-10/h2-5,8H,6-7,13H2,1H3,(H,14,15). The van der Waals surface area contributed by atoms with E-state index in [4.69, 9.17) is 5.73 Å². The first-order chi connectivity index (χ1) is 7.13. The Morgan fingerprint density at radius 1 is 1.47 bits per heavy atom. The van der Waals surface area contributed by atoms with Gasteiger partial charge in [-0.2, -0.15) is 0 Å². The summed E-state index contributed by atoms with van der Waals surface area (Å²) in [5.41, 5.74) is 5.95. The molecule has 1 amide bonds. The van der Waals surface area contributed by atoms with Gasteiger partial charge < -0.3 is 11.1 Å². The van der Waals surface area contributed by atoms with Crippen molar-refractivity contribution in [1.29, 1.82) is 0 Å². The number of hydrogen-bond acceptors (Lipinski definition) is 2. The largest absolute Gasteiger partial charge is 0.330 e. The van der Waals surface area contributed by atoms with Gasteiger partial charge in [-0.25, -0.2) is 4.39 Å². The molecule has 0 bridgehead atoms. The quantitative estimate of drug-likeness (QED) is 0.795. The molecular weight excluding hydrogens is 195 g/mol. The lowest BCUT2D eigenvalue weighted by Crippen LogP contribution is -2.22. The van der Waals surface area contributed by atoms with Gasteiger partial charge in [0, 0.05) is 11.6 Å². The number of amides is 1. The summed E-state index contributed by atoms with van der Waals surface area (Å²) in [5, 5.41) is 2.69. The van der Waals surface area contributed by atoms with E-state index in [1.165, 1.54) is 24.3 Å². The van der Waals surface area contributed by atoms with E-state index in [1.54, 1.807) is 0 Å². The molecule has 0 saturated carbocycles. The monoisotopic (exact) mass is 210 g/mol. The second-order valence-electron chi connectivity index (χ2n) is 3.47. The van der Waals surface area contributed by atoms with Crippen molar-refractivity contribution in [2.75, 3.05) is 11.9 Å². The summed E-state index contributed by atoms with van der Waals surface area (Å²) < 4.78 is 12.6. The molecule has 15 heavy (non-hydrogen) atoms. The van der Waals surface area contributed by atoms with Crippen LogP contribution in [0.4, 0.5) is 10.1 Å². The van der Waals surface area contributed by atoms with Gasteiger partial charge in [0.1, 0.15) is 5.82 Å². The van der Waals surface area contributed by atoms with Crippen LogP contribution in [0.5, 0.6) is 0 Å². The Morgan fingerprint density at radius 3 is 2.60 bits per heavy atom. The SMILES string of the molecule is CC(CCN)C(=O)Nc1ccc(F)cc1. The molecule has 3 N–H and O–H groups in total. The highest BCUT2D eigenvalue weighted by atomic mass is 19.1. The first-order valence-electron chi connectivity index (χ1n) is 4.90. The first kappa shape index (κ1) is 11.7. The average Bonchev–Trinajstić information content (AvgIpc) is 2.22. The van der Waals surface area contributed by atoms with Crippen LogP contribution in [0.3, 0.4) is 0 Å². The van der Waals surface area contributed by atoms with Crippen molar-refractivity contribution in [3.05, 3.63) is 30.1 Å². The van der Waals surface area contributed by atoms with Crippen molar-refractivity contribution < 1.29 is 9.18 Å². The number of hydrogen-bond donors (Lipinski definition) is 2. The number of benzene rings is 1. The maximum absolute atomic E-state index is 12.6. The molecule has 1 aromatic carbocycles. The van der Waals surface area contributed by atoms with E-state index < -0.39 is 0 Å². The Labute approximate surface area is 88.5 Å². The normalized spacial score (nSPS) is 12.2. The number of rotatable bonds is 4. The highest BCUT2D eigenvalue weighted by Gasteiger charge is 2.11. The zero-order chi connectivity index (χ0) is 11.3. The van der Waals surface area contributed by atoms with Crippen molar-refractivity contribution in [2.24, 2.45) is 11.7 Å². The van der Waals surface area contributed by atoms with E-state index in [0.717, 1.165) is 0 Å². The van der Waals surface area contributed by atoms with Crippen LogP contribution in [0.1, 0.15) is 13.3 Å². The van der Waals surface area contributed by atoms with Crippen LogP contribution in [0, 0.1) is 11.7 Å². The number of halogens is 1. The summed E-state index contributed by atoms with van der Waals surface area (Å²) in [5.74, 6) is -0.532. The van der Waals surface area contributed by atoms with Gasteiger partial charge in [0.2, 0.25) is 5.91 Å². The third-order valence-electron chi connectivity index (χ3n) is 2.16. The fraction of sp³-hybridized carbons (Fsp3) is 0.364. The maximum Gasteiger partial charge on any atom is 0.227 e. The molecule has 82 valence electrons. The lowest BCUT2D eigenvalue weighted by Gasteiger charge is -2.10. The van der Waals surface area contributed by atoms with Crippen molar-refractivity contribution in [1.82, 2.24) is 0 Å². The predicted molar refractivity (Wildman–Crippen MR) is 57.9 cm³/mol. The molecule has 0 saturated heterocycles. The highest BCUT2D eigenvalue weighted by Crippen LogP contribution is 2.10. The van der Waals surface area contributed by atoms with Crippen molar-refractivity contribution in [3.8, 4) is 0 Å². The van der Waals surface area contributed by atoms with E-state index in [0.29, 0.717) is 18.7 Å². The summed E-state index contributed by atoms with van der Waals surface area (Å²) in [7, 11) is 0. The molecule has 0 radical (unpaired) electrons. The molecule has 1 unspecified atom stereocenters. The Bertz CT molecular complexity index is 324. The van der Waals surface area contributed by atoms with E-state index in [9.17, 15) is 9.18 Å². The molecule has 1 aromatic rings. The molecule has 4 heteroatoms. The molecule has 1 rings (SSSR count). The summed E-state index contributed by atoms with van der Waals surface area (Å²) in [6, 6.07) is 5.68. The summed E-state index contributed by atoms with van der Waals surface area (Å²) in [6.45, 7) is 2.30. The van der Waals surface area contributed by atoms with Crippen LogP contribution < -0.4 is 11.1 Å². The predicted octanol–water partition coefficient (Wildman–Crippen LogP) is 1.75. The Hall–Kier alpha value is -1.42. The zero-order valence-electron chi connectivity index (χ0n) is 8.66. The molecule has 3 nitrogen and oxygen atoms in total. The van der Waals surface area contributed by atoms with Gasteiger partial charge >= 0.3 is 0 Å². The van der Waals surface area contributed by atoms with E-state index in [2.05, 4.69) is 5.32 Å². The first-order valence-corrected chi connectivity index (χ1v) is 4.90. The van der Waals surface area contributed by atoms with Gasteiger partial charge in [-0.3, -0.25) is 4.79 Å². The van der Waals surface area contributed by atoms with Crippen LogP contribution in [-0.4, -0.2) is 12.5 Å². The van der Waals surface area contributed by atoms with Crippen LogP contribution in [-0.2, 0) is 4.79 Å². The van der Waals surface area contributed by atoms with Crippen LogP contribution >= 0.6 is 0 Å². The third-order valence-corrected chi connectivity index (χ3v) is 2.16. The van der Waals surface area contributed by atoms with Crippen molar-refractivity contribution >= 4 is 11.6 Å². The molecule has 0 aliphatic rings. The minimum atomic E-state index is -0.317. The smallest absolute Gasteiger partial charge is 0.227 e. The van der Waals surface area contributed by atoms with Gasteiger partial charge in [-0.15, -0.1) is 0 Å². The number of anilines is 1. The minimum Gasteiger partial charge on any atom is -0.330 e. The van der Waals surface area contributed by atoms with E-state index >= 15 is 0 Å². The molecule has 0 heterocycles. The lowest BCUT2D eigenvalue weighted by molar-refractivity contribution is -0.119. The molecular formula is C11H15FN2O. The highest BCUT2D eigenvalue weighted by molar-refractivity contribution is 5.92. The van der Waals surface area contributed by atoms with Crippen LogP contribution in [0.25, 0.3) is 0 Å². The summed E-state index contributed by atoms with van der Waals surface area (Å²) >= 11 is 0. The second kappa shape index (κ2) is 5.46. The minimum absolute atomic E-state index is 0.0907. The van der Waals surface area contributed by atoms with Crippen LogP contribution in [0.2, 0.25) is 0 Å². The molecule has 1 atom stereocenters. The fourth-order valence-corrected chi connectivity index (χ4v) is 1.18. The molecule has 0 aliphatic heterocycles. The van der Waals surface area contributed by atoms with Gasteiger partial charge in [0.25, 0.3) is 0 Å². The van der Waals surface area contributed by atoms with Gasteiger partial charge in [-0.1, -0.05) is 6.92 Å². The zero-order valence-corrected chi connectivity index (χ0v) is 8.66. The third kappa shape index (κ3) is 3.67. The number of carbonyl (C=O) groups is 1. The summed E-state index contributed by atoms with van der Waals surface area (Å²) in [6.07, 6.45) is 0.646. The Kier molecular flexibility index (Phi) is 4.24. The van der Waals surface area contributed by atoms with E-state index in [1.807, 2.05) is 6.92 Å². The molecule has 0 aromatic heterocycles. The van der Waals surface area contributed by atoms with Crippen molar-refractivity contribution in [3.63, 3.8) is 0 Å². The Balaban J connectivity index is 2.54. The fourth-order valence-electron chi connectivity index (χ4n) is 1.18. The lowest BCUT2D eigenvalue weighted by atomic mass is 10.1. The van der Waals surface area contributed by atoms with Gasteiger partial charge in [0.15, 0.2) is 0 Å². The number of nitrogens with one attached hydrogen (secondary N) is 1. The van der Waals surface area contributed by atoms with Crippen molar-refractivity contribution in [2.45, 2.75) is 13.3 Å². The maximum atomic E-state index is 12.6. The van der Waals surface area contributed by atoms with E-state index in [-0.39, 0.29) is 17.6 Å². The average molecular weight is 210 g/mol.